The summed E-state index contributed by atoms with van der Waals surface area (Å²) >= 11 is 4.79. The second-order valence-corrected chi connectivity index (χ2v) is 5.13. The number of unbranched alkanes of at least 4 members (excludes halogenated alkanes) is 1. The van der Waals surface area contributed by atoms with Crippen molar-refractivity contribution in [3.05, 3.63) is 35.4 Å². The van der Waals surface area contributed by atoms with Crippen LogP contribution in [-0.2, 0) is 11.2 Å². The van der Waals surface area contributed by atoms with Crippen LogP contribution in [0.3, 0.4) is 0 Å². The van der Waals surface area contributed by atoms with Gasteiger partial charge in [-0.05, 0) is 30.9 Å². The van der Waals surface area contributed by atoms with Gasteiger partial charge in [0.2, 0.25) is 5.91 Å². The smallest absolute Gasteiger partial charge is 0.260 e. The van der Waals surface area contributed by atoms with Crippen LogP contribution in [0.4, 0.5) is 0 Å². The topological polar surface area (TPSA) is 63.4 Å². The van der Waals surface area contributed by atoms with Gasteiger partial charge in [-0.1, -0.05) is 30.4 Å². The number of thiocarbonyl (C=S) groups is 1. The number of hydrogen-bond acceptors (Lipinski definition) is 3. The van der Waals surface area contributed by atoms with Crippen molar-refractivity contribution in [3.8, 4) is 0 Å². The van der Waals surface area contributed by atoms with E-state index in [0.29, 0.717) is 29.9 Å². The average Bonchev–Trinajstić information content (AvgIpc) is 2.37. The molecule has 1 heterocycles. The Balaban J connectivity index is 2.01. The van der Waals surface area contributed by atoms with E-state index in [1.165, 1.54) is 4.90 Å². The van der Waals surface area contributed by atoms with E-state index in [1.807, 2.05) is 18.2 Å². The number of carbonyl (C=O) groups is 2. The standard InChI is InChI=1S/C14H16N2O2S/c15-12(19)7-3-4-8-16-13(17)9-10-5-1-2-6-11(10)14(16)18/h1-2,5-6H,3-4,7-9H2,(H2,15,19). The van der Waals surface area contributed by atoms with Gasteiger partial charge in [0.15, 0.2) is 0 Å². The van der Waals surface area contributed by atoms with Crippen molar-refractivity contribution >= 4 is 29.0 Å². The molecule has 0 aliphatic carbocycles. The van der Waals surface area contributed by atoms with Crippen LogP contribution in [0.1, 0.15) is 35.2 Å². The van der Waals surface area contributed by atoms with E-state index in [0.717, 1.165) is 18.4 Å². The van der Waals surface area contributed by atoms with Crippen LogP contribution < -0.4 is 5.73 Å². The van der Waals surface area contributed by atoms with E-state index in [1.54, 1.807) is 6.07 Å². The summed E-state index contributed by atoms with van der Waals surface area (Å²) in [5.41, 5.74) is 6.87. The molecule has 2 N–H and O–H groups in total. The normalized spacial score (nSPS) is 14.4. The molecule has 0 fully saturated rings. The molecule has 1 aliphatic rings. The molecule has 1 aromatic rings. The molecule has 100 valence electrons. The lowest BCUT2D eigenvalue weighted by Gasteiger charge is -2.26. The fraction of sp³-hybridized carbons (Fsp3) is 0.357. The third kappa shape index (κ3) is 3.17. The SMILES string of the molecule is NC(=S)CCCCN1C(=O)Cc2ccccc2C1=O. The maximum atomic E-state index is 12.2. The van der Waals surface area contributed by atoms with Gasteiger partial charge in [0.25, 0.3) is 5.91 Å². The second-order valence-electron chi connectivity index (χ2n) is 4.61. The molecular formula is C14H16N2O2S. The number of benzene rings is 1. The van der Waals surface area contributed by atoms with E-state index < -0.39 is 0 Å². The molecule has 0 spiro atoms. The van der Waals surface area contributed by atoms with Crippen molar-refractivity contribution in [2.45, 2.75) is 25.7 Å². The van der Waals surface area contributed by atoms with Gasteiger partial charge in [0, 0.05) is 12.1 Å². The predicted octanol–water partition coefficient (Wildman–Crippen LogP) is 1.67. The molecule has 0 bridgehead atoms. The van der Waals surface area contributed by atoms with Crippen LogP contribution in [0.2, 0.25) is 0 Å². The Kier molecular flexibility index (Phi) is 4.27. The van der Waals surface area contributed by atoms with Crippen LogP contribution in [0, 0.1) is 0 Å². The van der Waals surface area contributed by atoms with Crippen molar-refractivity contribution in [2.24, 2.45) is 5.73 Å². The Hall–Kier alpha value is -1.75. The lowest BCUT2D eigenvalue weighted by molar-refractivity contribution is -0.128. The zero-order chi connectivity index (χ0) is 13.8. The number of nitrogens with zero attached hydrogens (tertiary/aromatic N) is 1. The molecule has 0 saturated carbocycles. The summed E-state index contributed by atoms with van der Waals surface area (Å²) in [5.74, 6) is -0.318. The molecule has 2 amide bonds. The third-order valence-corrected chi connectivity index (χ3v) is 3.39. The largest absolute Gasteiger partial charge is 0.393 e. The van der Waals surface area contributed by atoms with Gasteiger partial charge < -0.3 is 5.73 Å². The number of carbonyl (C=O) groups excluding carboxylic acids is 2. The van der Waals surface area contributed by atoms with Crippen LogP contribution in [0.15, 0.2) is 24.3 Å². The van der Waals surface area contributed by atoms with Crippen LogP contribution in [0.5, 0.6) is 0 Å². The summed E-state index contributed by atoms with van der Waals surface area (Å²) in [5, 5.41) is 0. The average molecular weight is 276 g/mol. The minimum absolute atomic E-state index is 0.126. The molecule has 0 aromatic heterocycles. The summed E-state index contributed by atoms with van der Waals surface area (Å²) in [6.07, 6.45) is 2.49. The first-order valence-electron chi connectivity index (χ1n) is 6.30. The van der Waals surface area contributed by atoms with E-state index in [2.05, 4.69) is 0 Å². The Bertz CT molecular complexity index is 528. The molecule has 1 aliphatic heterocycles. The Morgan fingerprint density at radius 2 is 2.00 bits per heavy atom. The molecular weight excluding hydrogens is 260 g/mol. The summed E-state index contributed by atoms with van der Waals surface area (Å²) in [6.45, 7) is 0.439. The summed E-state index contributed by atoms with van der Waals surface area (Å²) < 4.78 is 0. The fourth-order valence-electron chi connectivity index (χ4n) is 2.20. The lowest BCUT2D eigenvalue weighted by Crippen LogP contribution is -2.42. The van der Waals surface area contributed by atoms with E-state index in [-0.39, 0.29) is 11.8 Å². The monoisotopic (exact) mass is 276 g/mol. The van der Waals surface area contributed by atoms with Crippen LogP contribution in [0.25, 0.3) is 0 Å². The first-order chi connectivity index (χ1) is 9.09. The molecule has 5 heteroatoms. The minimum Gasteiger partial charge on any atom is -0.393 e. The van der Waals surface area contributed by atoms with Crippen molar-refractivity contribution in [2.75, 3.05) is 6.54 Å². The van der Waals surface area contributed by atoms with Crippen molar-refractivity contribution in [1.82, 2.24) is 4.90 Å². The quantitative estimate of drug-likeness (QED) is 0.505. The molecule has 2 rings (SSSR count). The van der Waals surface area contributed by atoms with Crippen molar-refractivity contribution in [1.29, 1.82) is 0 Å². The number of imide groups is 1. The molecule has 0 radical (unpaired) electrons. The number of amides is 2. The fourth-order valence-corrected chi connectivity index (χ4v) is 2.34. The molecule has 0 saturated heterocycles. The maximum absolute atomic E-state index is 12.2. The Labute approximate surface area is 117 Å². The molecule has 19 heavy (non-hydrogen) atoms. The van der Waals surface area contributed by atoms with Crippen LogP contribution in [-0.4, -0.2) is 28.2 Å². The first kappa shape index (κ1) is 13.7. The van der Waals surface area contributed by atoms with Gasteiger partial charge in [0.05, 0.1) is 11.4 Å². The van der Waals surface area contributed by atoms with Gasteiger partial charge in [-0.15, -0.1) is 0 Å². The van der Waals surface area contributed by atoms with Gasteiger partial charge in [-0.3, -0.25) is 14.5 Å². The highest BCUT2D eigenvalue weighted by Crippen LogP contribution is 2.19. The second kappa shape index (κ2) is 5.93. The van der Waals surface area contributed by atoms with Crippen molar-refractivity contribution in [3.63, 3.8) is 0 Å². The Morgan fingerprint density at radius 1 is 1.26 bits per heavy atom. The van der Waals surface area contributed by atoms with Gasteiger partial charge in [-0.2, -0.15) is 0 Å². The summed E-state index contributed by atoms with van der Waals surface area (Å²) in [6, 6.07) is 7.26. The van der Waals surface area contributed by atoms with Gasteiger partial charge in [-0.25, -0.2) is 0 Å². The summed E-state index contributed by atoms with van der Waals surface area (Å²) in [7, 11) is 0. The molecule has 0 unspecified atom stereocenters. The zero-order valence-electron chi connectivity index (χ0n) is 10.6. The predicted molar refractivity (Wildman–Crippen MR) is 76.8 cm³/mol. The van der Waals surface area contributed by atoms with Crippen molar-refractivity contribution < 1.29 is 9.59 Å². The third-order valence-electron chi connectivity index (χ3n) is 3.19. The Morgan fingerprint density at radius 3 is 2.74 bits per heavy atom. The zero-order valence-corrected chi connectivity index (χ0v) is 11.4. The van der Waals surface area contributed by atoms with E-state index in [9.17, 15) is 9.59 Å². The number of fused-ring (bicyclic) bond motifs is 1. The molecule has 1 aromatic carbocycles. The first-order valence-corrected chi connectivity index (χ1v) is 6.71. The van der Waals surface area contributed by atoms with E-state index >= 15 is 0 Å². The van der Waals surface area contributed by atoms with Gasteiger partial charge in [0.1, 0.15) is 0 Å². The highest BCUT2D eigenvalue weighted by molar-refractivity contribution is 7.80. The summed E-state index contributed by atoms with van der Waals surface area (Å²) in [4.78, 5) is 26.0. The highest BCUT2D eigenvalue weighted by atomic mass is 32.1. The highest BCUT2D eigenvalue weighted by Gasteiger charge is 2.29. The number of hydrogen-bond donors (Lipinski definition) is 1. The van der Waals surface area contributed by atoms with Gasteiger partial charge >= 0.3 is 0 Å². The molecule has 0 atom stereocenters. The van der Waals surface area contributed by atoms with E-state index in [4.69, 9.17) is 18.0 Å². The molecule has 4 nitrogen and oxygen atoms in total. The van der Waals surface area contributed by atoms with Crippen LogP contribution >= 0.6 is 12.2 Å². The minimum atomic E-state index is -0.192. The maximum Gasteiger partial charge on any atom is 0.260 e. The lowest BCUT2D eigenvalue weighted by atomic mass is 9.98. The number of nitrogens with two attached hydrogens (primary N) is 1. The number of rotatable bonds is 5.